The highest BCUT2D eigenvalue weighted by molar-refractivity contribution is 7.99. The molecule has 2 heterocycles. The quantitative estimate of drug-likeness (QED) is 0.366. The number of nitro groups is 1. The Morgan fingerprint density at radius 3 is 2.61 bits per heavy atom. The first-order chi connectivity index (χ1) is 13.3. The lowest BCUT2D eigenvalue weighted by Crippen LogP contribution is -2.06. The number of hydrogen-bond acceptors (Lipinski definition) is 6. The lowest BCUT2D eigenvalue weighted by atomic mass is 10.2. The van der Waals surface area contributed by atoms with Crippen molar-refractivity contribution < 1.29 is 18.1 Å². The standard InChI is InChI=1S/C17H10F3N5O2S/c1-24-11-5-3-2-4-10(11)14-15(24)21-16(23-22-14)28-13-7-6-9(17(18,19)20)8-12(13)25(26)27/h2-8H,1H3. The molecule has 0 unspecified atom stereocenters. The molecule has 28 heavy (non-hydrogen) atoms. The minimum Gasteiger partial charge on any atom is -0.327 e. The van der Waals surface area contributed by atoms with Gasteiger partial charge in [0.05, 0.1) is 20.9 Å². The maximum Gasteiger partial charge on any atom is 0.416 e. The van der Waals surface area contributed by atoms with E-state index in [9.17, 15) is 23.3 Å². The molecule has 11 heteroatoms. The molecule has 0 saturated carbocycles. The smallest absolute Gasteiger partial charge is 0.327 e. The first kappa shape index (κ1) is 18.2. The van der Waals surface area contributed by atoms with Gasteiger partial charge in [0.1, 0.15) is 5.52 Å². The highest BCUT2D eigenvalue weighted by Gasteiger charge is 2.33. The molecule has 0 fully saturated rings. The fraction of sp³-hybridized carbons (Fsp3) is 0.118. The van der Waals surface area contributed by atoms with Crippen molar-refractivity contribution in [2.45, 2.75) is 16.2 Å². The van der Waals surface area contributed by atoms with E-state index in [1.165, 1.54) is 0 Å². The molecular weight excluding hydrogens is 395 g/mol. The van der Waals surface area contributed by atoms with Crippen molar-refractivity contribution in [2.75, 3.05) is 0 Å². The van der Waals surface area contributed by atoms with E-state index >= 15 is 0 Å². The minimum absolute atomic E-state index is 0.00193. The van der Waals surface area contributed by atoms with Crippen molar-refractivity contribution in [1.82, 2.24) is 19.7 Å². The lowest BCUT2D eigenvalue weighted by Gasteiger charge is -2.08. The molecule has 0 aliphatic carbocycles. The Balaban J connectivity index is 1.79. The normalized spacial score (nSPS) is 12.0. The highest BCUT2D eigenvalue weighted by atomic mass is 32.2. The number of hydrogen-bond donors (Lipinski definition) is 0. The summed E-state index contributed by atoms with van der Waals surface area (Å²) < 4.78 is 40.3. The summed E-state index contributed by atoms with van der Waals surface area (Å²) in [5.41, 5.74) is 0.229. The summed E-state index contributed by atoms with van der Waals surface area (Å²) in [7, 11) is 1.80. The summed E-state index contributed by atoms with van der Waals surface area (Å²) >= 11 is 0.788. The molecule has 0 saturated heterocycles. The zero-order valence-electron chi connectivity index (χ0n) is 14.1. The van der Waals surface area contributed by atoms with Crippen molar-refractivity contribution >= 4 is 39.5 Å². The Morgan fingerprint density at radius 1 is 1.14 bits per heavy atom. The van der Waals surface area contributed by atoms with Crippen molar-refractivity contribution in [1.29, 1.82) is 0 Å². The Kier molecular flexibility index (Phi) is 4.18. The number of nitrogens with zero attached hydrogens (tertiary/aromatic N) is 5. The van der Waals surface area contributed by atoms with E-state index in [1.807, 2.05) is 28.8 Å². The fourth-order valence-electron chi connectivity index (χ4n) is 2.86. The molecule has 4 aromatic rings. The average Bonchev–Trinajstić information content (AvgIpc) is 2.93. The van der Waals surface area contributed by atoms with Gasteiger partial charge in [-0.2, -0.15) is 13.2 Å². The second kappa shape index (κ2) is 6.44. The van der Waals surface area contributed by atoms with E-state index in [2.05, 4.69) is 15.2 Å². The Morgan fingerprint density at radius 2 is 1.89 bits per heavy atom. The van der Waals surface area contributed by atoms with Gasteiger partial charge in [-0.25, -0.2) is 4.98 Å². The predicted octanol–water partition coefficient (Wildman–Crippen LogP) is 4.59. The molecule has 0 amide bonds. The molecule has 2 aromatic heterocycles. The second-order valence-corrected chi connectivity index (χ2v) is 6.89. The summed E-state index contributed by atoms with van der Waals surface area (Å²) in [6.07, 6.45) is -4.67. The fourth-order valence-corrected chi connectivity index (χ4v) is 3.64. The summed E-state index contributed by atoms with van der Waals surface area (Å²) in [5.74, 6) is 0. The molecule has 0 radical (unpaired) electrons. The van der Waals surface area contributed by atoms with Gasteiger partial charge in [0.15, 0.2) is 5.65 Å². The first-order valence-corrected chi connectivity index (χ1v) is 8.68. The molecule has 0 bridgehead atoms. The van der Waals surface area contributed by atoms with Gasteiger partial charge in [-0.15, -0.1) is 10.2 Å². The number of aromatic nitrogens is 4. The van der Waals surface area contributed by atoms with E-state index in [4.69, 9.17) is 0 Å². The van der Waals surface area contributed by atoms with E-state index in [0.717, 1.165) is 34.8 Å². The van der Waals surface area contributed by atoms with Crippen LogP contribution >= 0.6 is 11.8 Å². The average molecular weight is 405 g/mol. The van der Waals surface area contributed by atoms with Crippen molar-refractivity contribution in [2.24, 2.45) is 7.05 Å². The van der Waals surface area contributed by atoms with Gasteiger partial charge >= 0.3 is 6.18 Å². The monoisotopic (exact) mass is 405 g/mol. The van der Waals surface area contributed by atoms with Crippen LogP contribution in [0.4, 0.5) is 18.9 Å². The molecule has 142 valence electrons. The molecule has 0 aliphatic rings. The molecule has 4 rings (SSSR count). The maximum absolute atomic E-state index is 12.8. The van der Waals surface area contributed by atoms with Gasteiger partial charge in [-0.3, -0.25) is 10.1 Å². The Labute approximate surface area is 159 Å². The summed E-state index contributed by atoms with van der Waals surface area (Å²) in [4.78, 5) is 14.8. The number of rotatable bonds is 3. The Hall–Kier alpha value is -3.21. The number of para-hydroxylation sites is 1. The largest absolute Gasteiger partial charge is 0.416 e. The predicted molar refractivity (Wildman–Crippen MR) is 96.0 cm³/mol. The zero-order chi connectivity index (χ0) is 20.1. The molecule has 0 N–H and O–H groups in total. The van der Waals surface area contributed by atoms with Crippen LogP contribution in [0.2, 0.25) is 0 Å². The van der Waals surface area contributed by atoms with E-state index < -0.39 is 22.4 Å². The summed E-state index contributed by atoms with van der Waals surface area (Å²) in [5, 5.41) is 20.3. The number of fused-ring (bicyclic) bond motifs is 3. The highest BCUT2D eigenvalue weighted by Crippen LogP contribution is 2.38. The third-order valence-corrected chi connectivity index (χ3v) is 5.09. The van der Waals surface area contributed by atoms with Crippen LogP contribution in [0.3, 0.4) is 0 Å². The van der Waals surface area contributed by atoms with E-state index in [1.54, 1.807) is 7.05 Å². The van der Waals surface area contributed by atoms with Crippen LogP contribution in [0.15, 0.2) is 52.5 Å². The maximum atomic E-state index is 12.8. The lowest BCUT2D eigenvalue weighted by molar-refractivity contribution is -0.388. The molecule has 7 nitrogen and oxygen atoms in total. The number of aryl methyl sites for hydroxylation is 1. The molecular formula is C17H10F3N5O2S. The summed E-state index contributed by atoms with van der Waals surface area (Å²) in [6, 6.07) is 9.84. The van der Waals surface area contributed by atoms with Gasteiger partial charge in [-0.1, -0.05) is 18.2 Å². The van der Waals surface area contributed by atoms with Crippen molar-refractivity contribution in [3.8, 4) is 0 Å². The minimum atomic E-state index is -4.67. The molecule has 2 aromatic carbocycles. The van der Waals surface area contributed by atoms with Gasteiger partial charge in [0, 0.05) is 18.5 Å². The number of halogens is 3. The van der Waals surface area contributed by atoms with E-state index in [-0.39, 0.29) is 10.1 Å². The zero-order valence-corrected chi connectivity index (χ0v) is 15.0. The SMILES string of the molecule is Cn1c2ccccc2c2nnc(Sc3ccc(C(F)(F)F)cc3[N+](=O)[O-])nc21. The van der Waals surface area contributed by atoms with Crippen molar-refractivity contribution in [3.63, 3.8) is 0 Å². The van der Waals surface area contributed by atoms with E-state index in [0.29, 0.717) is 17.2 Å². The summed E-state index contributed by atoms with van der Waals surface area (Å²) in [6.45, 7) is 0. The molecule has 0 aliphatic heterocycles. The third-order valence-electron chi connectivity index (χ3n) is 4.17. The van der Waals surface area contributed by atoms with Crippen LogP contribution in [0.5, 0.6) is 0 Å². The van der Waals surface area contributed by atoms with Crippen LogP contribution in [0.1, 0.15) is 5.56 Å². The topological polar surface area (TPSA) is 86.7 Å². The molecule has 0 atom stereocenters. The van der Waals surface area contributed by atoms with Gasteiger partial charge in [0.2, 0.25) is 5.16 Å². The number of alkyl halides is 3. The second-order valence-electron chi connectivity index (χ2n) is 5.88. The van der Waals surface area contributed by atoms with Gasteiger partial charge in [0.25, 0.3) is 5.69 Å². The number of nitro benzene ring substituents is 1. The van der Waals surface area contributed by atoms with Crippen LogP contribution < -0.4 is 0 Å². The van der Waals surface area contributed by atoms with Gasteiger partial charge < -0.3 is 4.57 Å². The van der Waals surface area contributed by atoms with Crippen LogP contribution in [-0.4, -0.2) is 24.7 Å². The van der Waals surface area contributed by atoms with Gasteiger partial charge in [-0.05, 0) is 30.0 Å². The van der Waals surface area contributed by atoms with Crippen LogP contribution in [0, 0.1) is 10.1 Å². The third kappa shape index (κ3) is 3.03. The van der Waals surface area contributed by atoms with Crippen molar-refractivity contribution in [3.05, 3.63) is 58.1 Å². The Bertz CT molecular complexity index is 1240. The molecule has 0 spiro atoms. The number of benzene rings is 2. The van der Waals surface area contributed by atoms with Crippen LogP contribution in [-0.2, 0) is 13.2 Å². The first-order valence-electron chi connectivity index (χ1n) is 7.87. The van der Waals surface area contributed by atoms with Crippen LogP contribution in [0.25, 0.3) is 22.1 Å².